The Hall–Kier alpha value is -3.10. The fourth-order valence-electron chi connectivity index (χ4n) is 5.96. The van der Waals surface area contributed by atoms with Crippen molar-refractivity contribution in [3.05, 3.63) is 68.9 Å². The molecule has 1 saturated carbocycles. The highest BCUT2D eigenvalue weighted by molar-refractivity contribution is 9.10. The zero-order chi connectivity index (χ0) is 38.3. The Balaban J connectivity index is 1.22. The minimum absolute atomic E-state index is 0.0817. The molecule has 3 heterocycles. The van der Waals surface area contributed by atoms with Gasteiger partial charge in [0.2, 0.25) is 16.0 Å². The van der Waals surface area contributed by atoms with Crippen LogP contribution in [0.4, 0.5) is 11.8 Å². The molecule has 5 atom stereocenters. The Morgan fingerprint density at radius 3 is 2.51 bits per heavy atom. The summed E-state index contributed by atoms with van der Waals surface area (Å²) in [5.41, 5.74) is 5.39. The van der Waals surface area contributed by atoms with Crippen LogP contribution in [0.2, 0.25) is 10.0 Å². The van der Waals surface area contributed by atoms with Gasteiger partial charge in [-0.1, -0.05) is 52.1 Å². The topological polar surface area (TPSA) is 222 Å². The molecule has 1 aliphatic heterocycles. The number of anilines is 2. The van der Waals surface area contributed by atoms with Crippen molar-refractivity contribution in [3.63, 3.8) is 0 Å². The number of benzene rings is 2. The van der Waals surface area contributed by atoms with Crippen molar-refractivity contribution in [3.8, 4) is 5.75 Å². The number of sulfonamides is 1. The van der Waals surface area contributed by atoms with Crippen molar-refractivity contribution in [2.24, 2.45) is 5.92 Å². The lowest BCUT2D eigenvalue weighted by Crippen LogP contribution is -2.57. The van der Waals surface area contributed by atoms with Gasteiger partial charge < -0.3 is 24.8 Å². The number of aliphatic hydroxyl groups excluding tert-OH is 1. The minimum Gasteiger partial charge on any atom is -0.459 e. The van der Waals surface area contributed by atoms with Gasteiger partial charge in [-0.05, 0) is 55.7 Å². The Morgan fingerprint density at radius 2 is 1.89 bits per heavy atom. The number of nitrogen functional groups attached to an aromatic ring is 1. The smallest absolute Gasteiger partial charge is 0.459 e. The van der Waals surface area contributed by atoms with E-state index in [2.05, 4.69) is 40.8 Å². The highest BCUT2D eigenvalue weighted by atomic mass is 79.9. The van der Waals surface area contributed by atoms with Crippen LogP contribution in [0.15, 0.2) is 53.3 Å². The van der Waals surface area contributed by atoms with E-state index in [1.165, 1.54) is 17.9 Å². The third kappa shape index (κ3) is 8.75. The number of esters is 1. The van der Waals surface area contributed by atoms with Crippen LogP contribution in [0.3, 0.4) is 0 Å². The van der Waals surface area contributed by atoms with Crippen molar-refractivity contribution in [2.45, 2.75) is 56.8 Å². The molecule has 2 aliphatic rings. The predicted octanol–water partition coefficient (Wildman–Crippen LogP) is 4.73. The van der Waals surface area contributed by atoms with Gasteiger partial charge in [-0.2, -0.15) is 15.1 Å². The van der Waals surface area contributed by atoms with E-state index in [1.807, 2.05) is 0 Å². The Morgan fingerprint density at radius 1 is 1.21 bits per heavy atom. The molecule has 2 aromatic carbocycles. The molecule has 2 fully saturated rings. The van der Waals surface area contributed by atoms with Gasteiger partial charge in [0.15, 0.2) is 17.0 Å². The van der Waals surface area contributed by atoms with Crippen molar-refractivity contribution >= 4 is 85.8 Å². The second-order valence-electron chi connectivity index (χ2n) is 12.7. The molecular weight excluding hydrogens is 842 g/mol. The number of hydrogen-bond donors (Lipinski definition) is 4. The molecule has 1 saturated heterocycles. The summed E-state index contributed by atoms with van der Waals surface area (Å²) in [6.07, 6.45) is 0.502. The van der Waals surface area contributed by atoms with Crippen molar-refractivity contribution in [2.75, 3.05) is 30.7 Å². The maximum absolute atomic E-state index is 14.6. The van der Waals surface area contributed by atoms with Gasteiger partial charge in [-0.15, -0.1) is 4.83 Å². The molecule has 0 radical (unpaired) electrons. The largest absolute Gasteiger partial charge is 0.459 e. The lowest BCUT2D eigenvalue weighted by atomic mass is 9.78. The summed E-state index contributed by atoms with van der Waals surface area (Å²) >= 11 is 15.9. The summed E-state index contributed by atoms with van der Waals surface area (Å²) < 4.78 is 64.3. The number of nitrogens with one attached hydrogen (secondary N) is 2. The monoisotopic (exact) mass is 876 g/mol. The molecule has 17 nitrogen and oxygen atoms in total. The molecule has 0 amide bonds. The van der Waals surface area contributed by atoms with Crippen LogP contribution in [-0.4, -0.2) is 76.7 Å². The number of halogens is 3. The van der Waals surface area contributed by atoms with Crippen LogP contribution in [0, 0.1) is 5.92 Å². The second-order valence-corrected chi connectivity index (χ2v) is 17.8. The van der Waals surface area contributed by atoms with Gasteiger partial charge in [0.25, 0.3) is 0 Å². The van der Waals surface area contributed by atoms with E-state index in [9.17, 15) is 22.9 Å². The summed E-state index contributed by atoms with van der Waals surface area (Å²) in [5.74, 6) is -1.19. The van der Waals surface area contributed by atoms with E-state index >= 15 is 0 Å². The molecule has 5 N–H and O–H groups in total. The number of nitrogens with zero attached hydrogens (tertiary/aromatic N) is 5. The number of hydrazine groups is 1. The lowest BCUT2D eigenvalue weighted by molar-refractivity contribution is -0.156. The molecule has 53 heavy (non-hydrogen) atoms. The average Bonchev–Trinajstić information content (AvgIpc) is 3.61. The third-order valence-corrected chi connectivity index (χ3v) is 12.3. The number of hydrogen-bond acceptors (Lipinski definition) is 14. The van der Waals surface area contributed by atoms with E-state index in [-0.39, 0.29) is 48.1 Å². The van der Waals surface area contributed by atoms with Crippen molar-refractivity contribution < 1.29 is 41.4 Å². The summed E-state index contributed by atoms with van der Waals surface area (Å²) in [6.45, 7) is 1.08. The van der Waals surface area contributed by atoms with E-state index in [4.69, 9.17) is 47.5 Å². The first-order chi connectivity index (χ1) is 25.0. The molecule has 2 aromatic heterocycles. The molecule has 0 bridgehead atoms. The third-order valence-electron chi connectivity index (χ3n) is 8.80. The molecule has 22 heteroatoms. The average molecular weight is 879 g/mol. The van der Waals surface area contributed by atoms with Crippen molar-refractivity contribution in [1.29, 1.82) is 0 Å². The number of carbonyl (C=O) groups is 1. The minimum atomic E-state index is -4.40. The zero-order valence-corrected chi connectivity index (χ0v) is 33.3. The zero-order valence-electron chi connectivity index (χ0n) is 28.5. The molecular formula is C31H36BrCl2N8O9PS. The van der Waals surface area contributed by atoms with Crippen LogP contribution in [0.25, 0.3) is 11.2 Å². The SMILES string of the molecule is CC1C(n2cnc3c(N(C)NS(C)(=O)=O)nc(N)nc32)OC(COP(=O)(NC2(C(=O)OCc3c(Cl)cccc3Cl)CCC2)Oc2ccc(Br)cc2)[C@H]1O. The van der Waals surface area contributed by atoms with Gasteiger partial charge >= 0.3 is 13.7 Å². The number of aromatic nitrogens is 4. The molecule has 4 unspecified atom stereocenters. The molecule has 1 aliphatic carbocycles. The fourth-order valence-corrected chi connectivity index (χ4v) is 9.06. The number of fused-ring (bicyclic) bond motifs is 1. The number of ether oxygens (including phenoxy) is 2. The first-order valence-electron chi connectivity index (χ1n) is 16.1. The van der Waals surface area contributed by atoms with Gasteiger partial charge in [-0.3, -0.25) is 18.9 Å². The highest BCUT2D eigenvalue weighted by Crippen LogP contribution is 2.51. The van der Waals surface area contributed by atoms with E-state index < -0.39 is 60.2 Å². The normalized spacial score (nSPS) is 22.2. The molecule has 286 valence electrons. The van der Waals surface area contributed by atoms with Crippen LogP contribution in [0.5, 0.6) is 5.75 Å². The first kappa shape index (κ1) is 39.6. The summed E-state index contributed by atoms with van der Waals surface area (Å²) in [5, 5.41) is 16.0. The highest BCUT2D eigenvalue weighted by Gasteiger charge is 2.52. The molecule has 0 spiro atoms. The molecule has 4 aromatic rings. The van der Waals surface area contributed by atoms with Crippen molar-refractivity contribution in [1.82, 2.24) is 29.4 Å². The van der Waals surface area contributed by atoms with Gasteiger partial charge in [0.05, 0.1) is 25.3 Å². The standard InChI is InChI=1S/C31H36BrCl2N8O9PS/c1-17-25(43)23(50-28(17)42-16-36-24-26(37-30(35)38-27(24)42)41(2)40-53(3,46)47)15-49-52(45,51-19-10-8-18(32)9-11-19)39-31(12-5-13-31)29(44)48-14-20-21(33)6-4-7-22(20)34/h4,6-11,16-17,23,25,28,40,43H,5,12-15H2,1-3H3,(H,39,45)(H2,35,37,38)/t17?,23?,25-,28?,52?/m0/s1. The fraction of sp³-hybridized carbons (Fsp3) is 0.419. The maximum Gasteiger partial charge on any atom is 0.459 e. The van der Waals surface area contributed by atoms with E-state index in [0.717, 1.165) is 15.7 Å². The maximum atomic E-state index is 14.6. The molecule has 6 rings (SSSR count). The summed E-state index contributed by atoms with van der Waals surface area (Å²) in [4.78, 5) is 28.7. The Bertz CT molecular complexity index is 2140. The summed E-state index contributed by atoms with van der Waals surface area (Å²) in [6, 6.07) is 11.4. The van der Waals surface area contributed by atoms with Gasteiger partial charge in [-0.25, -0.2) is 18.0 Å². The lowest BCUT2D eigenvalue weighted by Gasteiger charge is -2.41. The van der Waals surface area contributed by atoms with Crippen LogP contribution in [-0.2, 0) is 40.0 Å². The first-order valence-corrected chi connectivity index (χ1v) is 21.1. The summed E-state index contributed by atoms with van der Waals surface area (Å²) in [7, 11) is -6.64. The Kier molecular flexibility index (Phi) is 11.6. The Labute approximate surface area is 323 Å². The quantitative estimate of drug-likeness (QED) is 0.0764. The number of imidazole rings is 1. The number of nitrogens with two attached hydrogens (primary N) is 1. The van der Waals surface area contributed by atoms with Crippen LogP contribution >= 0.6 is 46.9 Å². The predicted molar refractivity (Wildman–Crippen MR) is 200 cm³/mol. The number of rotatable bonds is 14. The van der Waals surface area contributed by atoms with E-state index in [1.54, 1.807) is 49.4 Å². The van der Waals surface area contributed by atoms with E-state index in [0.29, 0.717) is 22.0 Å². The van der Waals surface area contributed by atoms with Gasteiger partial charge in [0, 0.05) is 33.0 Å². The van der Waals surface area contributed by atoms with Gasteiger partial charge in [0.1, 0.15) is 30.2 Å². The number of carbonyl (C=O) groups excluding carboxylic acids is 1. The van der Waals surface area contributed by atoms with Crippen LogP contribution < -0.4 is 25.2 Å². The number of aliphatic hydroxyl groups is 1. The van der Waals surface area contributed by atoms with Crippen LogP contribution in [0.1, 0.15) is 38.0 Å². The second kappa shape index (κ2) is 15.6.